The number of aromatic amines is 2. The molecule has 0 bridgehead atoms. The second kappa shape index (κ2) is 4.86. The Labute approximate surface area is 98.2 Å². The van der Waals surface area contributed by atoms with Crippen molar-refractivity contribution >= 4 is 16.9 Å². The second-order valence-corrected chi connectivity index (χ2v) is 3.92. The quantitative estimate of drug-likeness (QED) is 0.698. The number of para-hydroxylation sites is 1. The van der Waals surface area contributed by atoms with Gasteiger partial charge in [0, 0.05) is 6.54 Å². The van der Waals surface area contributed by atoms with Crippen molar-refractivity contribution < 1.29 is 4.79 Å². The number of H-pyrrole nitrogens is 2. The lowest BCUT2D eigenvalue weighted by Crippen LogP contribution is -2.24. The SMILES string of the molecule is CCCCNC(=O)c1cccc2[nH]c(=O)[nH]c12. The van der Waals surface area contributed by atoms with Crippen molar-refractivity contribution in [2.75, 3.05) is 6.54 Å². The van der Waals surface area contributed by atoms with Gasteiger partial charge in [0.05, 0.1) is 16.6 Å². The van der Waals surface area contributed by atoms with Crippen molar-refractivity contribution in [3.05, 3.63) is 34.2 Å². The molecule has 0 saturated heterocycles. The number of carbonyl (C=O) groups is 1. The highest BCUT2D eigenvalue weighted by molar-refractivity contribution is 6.04. The van der Waals surface area contributed by atoms with E-state index in [4.69, 9.17) is 0 Å². The second-order valence-electron chi connectivity index (χ2n) is 3.92. The summed E-state index contributed by atoms with van der Waals surface area (Å²) in [4.78, 5) is 28.3. The fourth-order valence-corrected chi connectivity index (χ4v) is 1.72. The standard InChI is InChI=1S/C12H15N3O2/c1-2-3-7-13-11(16)8-5-4-6-9-10(8)15-12(17)14-9/h4-6H,2-3,7H2,1H3,(H,13,16)(H2,14,15,17). The van der Waals surface area contributed by atoms with E-state index in [1.165, 1.54) is 0 Å². The molecule has 1 amide bonds. The van der Waals surface area contributed by atoms with Crippen LogP contribution in [0.15, 0.2) is 23.0 Å². The van der Waals surface area contributed by atoms with Crippen LogP contribution in [0.3, 0.4) is 0 Å². The van der Waals surface area contributed by atoms with Gasteiger partial charge < -0.3 is 15.3 Å². The maximum Gasteiger partial charge on any atom is 0.323 e. The molecule has 5 heteroatoms. The fraction of sp³-hybridized carbons (Fsp3) is 0.333. The maximum atomic E-state index is 11.9. The first-order chi connectivity index (χ1) is 8.22. The van der Waals surface area contributed by atoms with E-state index in [0.717, 1.165) is 12.8 Å². The van der Waals surface area contributed by atoms with Gasteiger partial charge in [-0.15, -0.1) is 0 Å². The molecule has 0 unspecified atom stereocenters. The van der Waals surface area contributed by atoms with Gasteiger partial charge in [-0.25, -0.2) is 4.79 Å². The number of fused-ring (bicyclic) bond motifs is 1. The Hall–Kier alpha value is -2.04. The predicted octanol–water partition coefficient (Wildman–Crippen LogP) is 1.39. The van der Waals surface area contributed by atoms with E-state index in [-0.39, 0.29) is 11.6 Å². The van der Waals surface area contributed by atoms with Gasteiger partial charge in [0.15, 0.2) is 0 Å². The van der Waals surface area contributed by atoms with Crippen LogP contribution in [0, 0.1) is 0 Å². The number of benzene rings is 1. The van der Waals surface area contributed by atoms with Crippen molar-refractivity contribution in [3.8, 4) is 0 Å². The number of hydrogen-bond acceptors (Lipinski definition) is 2. The summed E-state index contributed by atoms with van der Waals surface area (Å²) in [6.45, 7) is 2.72. The van der Waals surface area contributed by atoms with Crippen LogP contribution in [0.1, 0.15) is 30.1 Å². The third-order valence-corrected chi connectivity index (χ3v) is 2.61. The number of imidazole rings is 1. The van der Waals surface area contributed by atoms with Gasteiger partial charge >= 0.3 is 5.69 Å². The molecule has 1 aromatic heterocycles. The summed E-state index contributed by atoms with van der Waals surface area (Å²) in [5.74, 6) is -0.153. The van der Waals surface area contributed by atoms with Gasteiger partial charge in [0.25, 0.3) is 5.91 Å². The molecule has 5 nitrogen and oxygen atoms in total. The first-order valence-electron chi connectivity index (χ1n) is 5.71. The molecule has 2 rings (SSSR count). The molecule has 0 atom stereocenters. The Morgan fingerprint density at radius 2 is 2.18 bits per heavy atom. The zero-order chi connectivity index (χ0) is 12.3. The maximum absolute atomic E-state index is 11.9. The molecule has 17 heavy (non-hydrogen) atoms. The third kappa shape index (κ3) is 2.38. The van der Waals surface area contributed by atoms with Crippen LogP contribution in [0.25, 0.3) is 11.0 Å². The molecule has 2 aromatic rings. The first kappa shape index (κ1) is 11.4. The third-order valence-electron chi connectivity index (χ3n) is 2.61. The smallest absolute Gasteiger partial charge is 0.323 e. The molecule has 0 aliphatic carbocycles. The molecule has 0 aliphatic rings. The average Bonchev–Trinajstić information content (AvgIpc) is 2.69. The number of hydrogen-bond donors (Lipinski definition) is 3. The molecule has 0 saturated carbocycles. The number of rotatable bonds is 4. The van der Waals surface area contributed by atoms with Crippen LogP contribution in [-0.4, -0.2) is 22.4 Å². The lowest BCUT2D eigenvalue weighted by atomic mass is 10.1. The van der Waals surface area contributed by atoms with Gasteiger partial charge in [0.1, 0.15) is 0 Å². The molecular weight excluding hydrogens is 218 g/mol. The van der Waals surface area contributed by atoms with Crippen molar-refractivity contribution in [2.45, 2.75) is 19.8 Å². The predicted molar refractivity (Wildman–Crippen MR) is 66.2 cm³/mol. The summed E-state index contributed by atoms with van der Waals surface area (Å²) in [5, 5.41) is 2.83. The minimum absolute atomic E-state index is 0.153. The van der Waals surface area contributed by atoms with E-state index in [1.807, 2.05) is 0 Å². The summed E-state index contributed by atoms with van der Waals surface area (Å²) < 4.78 is 0. The topological polar surface area (TPSA) is 77.8 Å². The van der Waals surface area contributed by atoms with Gasteiger partial charge in [-0.1, -0.05) is 19.4 Å². The number of amides is 1. The molecule has 0 aliphatic heterocycles. The van der Waals surface area contributed by atoms with E-state index in [1.54, 1.807) is 18.2 Å². The van der Waals surface area contributed by atoms with E-state index < -0.39 is 0 Å². The van der Waals surface area contributed by atoms with Gasteiger partial charge in [-0.2, -0.15) is 0 Å². The molecule has 0 fully saturated rings. The van der Waals surface area contributed by atoms with Gasteiger partial charge in [-0.3, -0.25) is 4.79 Å². The van der Waals surface area contributed by atoms with Crippen LogP contribution in [0.5, 0.6) is 0 Å². The zero-order valence-corrected chi connectivity index (χ0v) is 9.67. The van der Waals surface area contributed by atoms with Crippen molar-refractivity contribution in [3.63, 3.8) is 0 Å². The summed E-state index contributed by atoms with van der Waals surface area (Å²) in [5.41, 5.74) is 1.41. The van der Waals surface area contributed by atoms with Gasteiger partial charge in [-0.05, 0) is 18.6 Å². The van der Waals surface area contributed by atoms with E-state index in [2.05, 4.69) is 22.2 Å². The Kier molecular flexibility index (Phi) is 3.27. The summed E-state index contributed by atoms with van der Waals surface area (Å²) in [7, 11) is 0. The molecule has 90 valence electrons. The van der Waals surface area contributed by atoms with Crippen LogP contribution in [-0.2, 0) is 0 Å². The highest BCUT2D eigenvalue weighted by atomic mass is 16.2. The molecule has 3 N–H and O–H groups in total. The highest BCUT2D eigenvalue weighted by Crippen LogP contribution is 2.12. The molecule has 0 radical (unpaired) electrons. The number of aromatic nitrogens is 2. The Bertz CT molecular complexity index is 583. The lowest BCUT2D eigenvalue weighted by Gasteiger charge is -2.04. The summed E-state index contributed by atoms with van der Waals surface area (Å²) in [6.07, 6.45) is 1.98. The minimum atomic E-state index is -0.297. The number of carbonyl (C=O) groups excluding carboxylic acids is 1. The Balaban J connectivity index is 2.28. The van der Waals surface area contributed by atoms with Crippen molar-refractivity contribution in [1.82, 2.24) is 15.3 Å². The lowest BCUT2D eigenvalue weighted by molar-refractivity contribution is 0.0954. The molecule has 0 spiro atoms. The zero-order valence-electron chi connectivity index (χ0n) is 9.67. The van der Waals surface area contributed by atoms with Crippen molar-refractivity contribution in [1.29, 1.82) is 0 Å². The highest BCUT2D eigenvalue weighted by Gasteiger charge is 2.10. The van der Waals surface area contributed by atoms with E-state index in [9.17, 15) is 9.59 Å². The number of nitrogens with one attached hydrogen (secondary N) is 3. The first-order valence-corrected chi connectivity index (χ1v) is 5.71. The summed E-state index contributed by atoms with van der Waals surface area (Å²) >= 11 is 0. The van der Waals surface area contributed by atoms with Crippen molar-refractivity contribution in [2.24, 2.45) is 0 Å². The van der Waals surface area contributed by atoms with E-state index >= 15 is 0 Å². The monoisotopic (exact) mass is 233 g/mol. The van der Waals surface area contributed by atoms with Crippen LogP contribution in [0.4, 0.5) is 0 Å². The average molecular weight is 233 g/mol. The number of unbranched alkanes of at least 4 members (excludes halogenated alkanes) is 1. The Morgan fingerprint density at radius 3 is 2.94 bits per heavy atom. The normalized spacial score (nSPS) is 10.6. The molecule has 1 heterocycles. The molecule has 1 aromatic carbocycles. The van der Waals surface area contributed by atoms with E-state index in [0.29, 0.717) is 23.1 Å². The van der Waals surface area contributed by atoms with Crippen LogP contribution < -0.4 is 11.0 Å². The van der Waals surface area contributed by atoms with Crippen LogP contribution in [0.2, 0.25) is 0 Å². The summed E-state index contributed by atoms with van der Waals surface area (Å²) in [6, 6.07) is 5.21. The minimum Gasteiger partial charge on any atom is -0.352 e. The molecular formula is C12H15N3O2. The Morgan fingerprint density at radius 1 is 1.35 bits per heavy atom. The van der Waals surface area contributed by atoms with Crippen LogP contribution >= 0.6 is 0 Å². The largest absolute Gasteiger partial charge is 0.352 e. The fourth-order valence-electron chi connectivity index (χ4n) is 1.72. The van der Waals surface area contributed by atoms with Gasteiger partial charge in [0.2, 0.25) is 0 Å².